The van der Waals surface area contributed by atoms with Gasteiger partial charge in [-0.25, -0.2) is 4.39 Å². The third-order valence-electron chi connectivity index (χ3n) is 4.82. The second-order valence-corrected chi connectivity index (χ2v) is 6.50. The van der Waals surface area contributed by atoms with E-state index in [9.17, 15) is 23.6 Å². The monoisotopic (exact) mass is 376 g/mol. The van der Waals surface area contributed by atoms with Crippen LogP contribution >= 0.6 is 0 Å². The number of carbonyl (C=O) groups is 4. The molecule has 0 saturated carbocycles. The van der Waals surface area contributed by atoms with Crippen LogP contribution in [0.2, 0.25) is 0 Å². The fourth-order valence-electron chi connectivity index (χ4n) is 3.50. The molecule has 4 amide bonds. The zero-order valence-corrected chi connectivity index (χ0v) is 15.0. The van der Waals surface area contributed by atoms with E-state index in [1.54, 1.807) is 6.92 Å². The van der Waals surface area contributed by atoms with E-state index >= 15 is 0 Å². The van der Waals surface area contributed by atoms with Crippen molar-refractivity contribution in [1.82, 2.24) is 15.5 Å². The predicted molar refractivity (Wildman–Crippen MR) is 94.9 cm³/mol. The van der Waals surface area contributed by atoms with Crippen LogP contribution in [0.1, 0.15) is 40.5 Å². The fraction of sp³-hybridized carbons (Fsp3) is 0.444. The molecule has 0 radical (unpaired) electrons. The topological polar surface area (TPSA) is 98.8 Å². The Kier molecular flexibility index (Phi) is 5.50. The highest BCUT2D eigenvalue weighted by Crippen LogP contribution is 2.32. The van der Waals surface area contributed by atoms with E-state index in [2.05, 4.69) is 5.32 Å². The van der Waals surface area contributed by atoms with Crippen LogP contribution in [0.4, 0.5) is 10.1 Å². The zero-order chi connectivity index (χ0) is 19.6. The number of benzene rings is 1. The number of amides is 4. The molecule has 0 aliphatic carbocycles. The van der Waals surface area contributed by atoms with Crippen molar-refractivity contribution < 1.29 is 23.6 Å². The van der Waals surface area contributed by atoms with E-state index in [1.165, 1.54) is 6.07 Å². The van der Waals surface area contributed by atoms with Gasteiger partial charge in [0.15, 0.2) is 0 Å². The minimum atomic E-state index is -1.11. The standard InChI is InChI=1S/C18H21FN4O4/c1-2-3-14(16(25)21-10-24)23-17(26)11-8-13(19)15(9-12(11)18(23)27)22-6-4-20-5-7-22/h8-10,14,20H,2-7H2,1H3,(H,21,24,25). The van der Waals surface area contributed by atoms with E-state index in [0.29, 0.717) is 32.6 Å². The van der Waals surface area contributed by atoms with Gasteiger partial charge >= 0.3 is 0 Å². The van der Waals surface area contributed by atoms with Gasteiger partial charge in [0.05, 0.1) is 16.8 Å². The summed E-state index contributed by atoms with van der Waals surface area (Å²) in [7, 11) is 0. The Morgan fingerprint density at radius 1 is 1.26 bits per heavy atom. The number of hydrogen-bond acceptors (Lipinski definition) is 6. The molecule has 27 heavy (non-hydrogen) atoms. The molecule has 1 aromatic carbocycles. The average Bonchev–Trinajstić information content (AvgIpc) is 2.90. The van der Waals surface area contributed by atoms with E-state index < -0.39 is 29.6 Å². The largest absolute Gasteiger partial charge is 0.367 e. The summed E-state index contributed by atoms with van der Waals surface area (Å²) in [6.45, 7) is 4.35. The van der Waals surface area contributed by atoms with Crippen molar-refractivity contribution in [3.05, 3.63) is 29.1 Å². The highest BCUT2D eigenvalue weighted by Gasteiger charge is 2.43. The van der Waals surface area contributed by atoms with Crippen molar-refractivity contribution in [2.75, 3.05) is 31.1 Å². The normalized spacial score (nSPS) is 17.7. The van der Waals surface area contributed by atoms with E-state index in [4.69, 9.17) is 0 Å². The maximum Gasteiger partial charge on any atom is 0.262 e. The summed E-state index contributed by atoms with van der Waals surface area (Å²) in [4.78, 5) is 51.0. The maximum absolute atomic E-state index is 14.6. The number of nitrogens with one attached hydrogen (secondary N) is 2. The van der Waals surface area contributed by atoms with Gasteiger partial charge in [-0.15, -0.1) is 0 Å². The highest BCUT2D eigenvalue weighted by atomic mass is 19.1. The molecule has 1 fully saturated rings. The second-order valence-electron chi connectivity index (χ2n) is 6.50. The summed E-state index contributed by atoms with van der Waals surface area (Å²) < 4.78 is 14.6. The molecular weight excluding hydrogens is 355 g/mol. The Morgan fingerprint density at radius 3 is 2.48 bits per heavy atom. The highest BCUT2D eigenvalue weighted by molar-refractivity contribution is 6.23. The van der Waals surface area contributed by atoms with Gasteiger partial charge in [-0.3, -0.25) is 29.4 Å². The summed E-state index contributed by atoms with van der Waals surface area (Å²) in [5.41, 5.74) is 0.286. The van der Waals surface area contributed by atoms with Crippen LogP contribution in [-0.4, -0.2) is 61.3 Å². The molecule has 0 bridgehead atoms. The van der Waals surface area contributed by atoms with Crippen molar-refractivity contribution in [2.45, 2.75) is 25.8 Å². The first-order chi connectivity index (χ1) is 13.0. The molecule has 9 heteroatoms. The number of imide groups is 2. The Labute approximate surface area is 155 Å². The number of anilines is 1. The van der Waals surface area contributed by atoms with E-state index in [-0.39, 0.29) is 29.6 Å². The maximum atomic E-state index is 14.6. The number of halogens is 1. The minimum absolute atomic E-state index is 0.0589. The fourth-order valence-corrected chi connectivity index (χ4v) is 3.50. The van der Waals surface area contributed by atoms with Crippen molar-refractivity contribution in [2.24, 2.45) is 0 Å². The first-order valence-corrected chi connectivity index (χ1v) is 8.90. The SMILES string of the molecule is CCCC(C(=O)NC=O)N1C(=O)c2cc(F)c(N3CCNCC3)cc2C1=O. The number of carbonyl (C=O) groups excluding carboxylic acids is 4. The van der Waals surface area contributed by atoms with Crippen LogP contribution in [0.15, 0.2) is 12.1 Å². The summed E-state index contributed by atoms with van der Waals surface area (Å²) in [5.74, 6) is -2.68. The third kappa shape index (κ3) is 3.42. The average molecular weight is 376 g/mol. The molecule has 2 aliphatic rings. The lowest BCUT2D eigenvalue weighted by atomic mass is 10.1. The molecule has 2 N–H and O–H groups in total. The van der Waals surface area contributed by atoms with Crippen LogP contribution in [0.25, 0.3) is 0 Å². The number of nitrogens with zero attached hydrogens (tertiary/aromatic N) is 2. The van der Waals surface area contributed by atoms with Gasteiger partial charge in [-0.05, 0) is 18.6 Å². The van der Waals surface area contributed by atoms with E-state index in [1.807, 2.05) is 10.2 Å². The van der Waals surface area contributed by atoms with Gasteiger partial charge in [0.25, 0.3) is 11.8 Å². The van der Waals surface area contributed by atoms with Crippen molar-refractivity contribution in [3.63, 3.8) is 0 Å². The molecule has 144 valence electrons. The number of fused-ring (bicyclic) bond motifs is 1. The van der Waals surface area contributed by atoms with Gasteiger partial charge < -0.3 is 10.2 Å². The van der Waals surface area contributed by atoms with Crippen LogP contribution in [-0.2, 0) is 9.59 Å². The molecule has 3 rings (SSSR count). The Hall–Kier alpha value is -2.81. The first-order valence-electron chi connectivity index (χ1n) is 8.90. The lowest BCUT2D eigenvalue weighted by Gasteiger charge is -2.29. The van der Waals surface area contributed by atoms with Crippen molar-refractivity contribution in [1.29, 1.82) is 0 Å². The summed E-state index contributed by atoms with van der Waals surface area (Å²) in [5, 5.41) is 5.16. The molecule has 0 aromatic heterocycles. The molecule has 1 atom stereocenters. The second kappa shape index (κ2) is 7.83. The zero-order valence-electron chi connectivity index (χ0n) is 15.0. The third-order valence-corrected chi connectivity index (χ3v) is 4.82. The van der Waals surface area contributed by atoms with Gasteiger partial charge in [0, 0.05) is 26.2 Å². The molecule has 1 saturated heterocycles. The summed E-state index contributed by atoms with van der Waals surface area (Å²) >= 11 is 0. The number of piperazine rings is 1. The van der Waals surface area contributed by atoms with Gasteiger partial charge in [0.1, 0.15) is 11.9 Å². The van der Waals surface area contributed by atoms with Gasteiger partial charge in [-0.2, -0.15) is 0 Å². The molecule has 2 heterocycles. The van der Waals surface area contributed by atoms with Crippen LogP contribution in [0.5, 0.6) is 0 Å². The molecule has 1 aromatic rings. The molecule has 0 spiro atoms. The number of rotatable bonds is 6. The van der Waals surface area contributed by atoms with Crippen molar-refractivity contribution >= 4 is 29.8 Å². The Bertz CT molecular complexity index is 792. The Morgan fingerprint density at radius 2 is 1.89 bits per heavy atom. The molecule has 1 unspecified atom stereocenters. The molecule has 8 nitrogen and oxygen atoms in total. The first kappa shape index (κ1) is 19.0. The Balaban J connectivity index is 1.96. The lowest BCUT2D eigenvalue weighted by Crippen LogP contribution is -2.49. The van der Waals surface area contributed by atoms with Gasteiger partial charge in [-0.1, -0.05) is 13.3 Å². The van der Waals surface area contributed by atoms with Crippen LogP contribution in [0.3, 0.4) is 0 Å². The lowest BCUT2D eigenvalue weighted by molar-refractivity contribution is -0.128. The van der Waals surface area contributed by atoms with Crippen LogP contribution in [0, 0.1) is 5.82 Å². The quantitative estimate of drug-likeness (QED) is 0.546. The molecule has 2 aliphatic heterocycles. The minimum Gasteiger partial charge on any atom is -0.367 e. The number of hydrogen-bond donors (Lipinski definition) is 2. The van der Waals surface area contributed by atoms with Gasteiger partial charge in [0.2, 0.25) is 12.3 Å². The van der Waals surface area contributed by atoms with Crippen LogP contribution < -0.4 is 15.5 Å². The smallest absolute Gasteiger partial charge is 0.262 e. The summed E-state index contributed by atoms with van der Waals surface area (Å²) in [6, 6.07) is 1.34. The summed E-state index contributed by atoms with van der Waals surface area (Å²) in [6.07, 6.45) is 0.939. The van der Waals surface area contributed by atoms with Crippen molar-refractivity contribution in [3.8, 4) is 0 Å². The predicted octanol–water partition coefficient (Wildman–Crippen LogP) is 0.273. The van der Waals surface area contributed by atoms with E-state index in [0.717, 1.165) is 11.0 Å². The molecular formula is C18H21FN4O4.